The Morgan fingerprint density at radius 2 is 2.24 bits per heavy atom. The van der Waals surface area contributed by atoms with Crippen LogP contribution in [0.5, 0.6) is 0 Å². The number of imidazole rings is 1. The summed E-state index contributed by atoms with van der Waals surface area (Å²) in [5, 5.41) is 3.32. The molecule has 2 fully saturated rings. The van der Waals surface area contributed by atoms with Gasteiger partial charge >= 0.3 is 0 Å². The number of nitrogens with zero attached hydrogens (tertiary/aromatic N) is 4. The number of hydrogen-bond donors (Lipinski definition) is 1. The predicted octanol–water partition coefficient (Wildman–Crippen LogP) is 1.84. The monoisotopic (exact) mass is 339 g/mol. The fourth-order valence-corrected chi connectivity index (χ4v) is 3.74. The van der Waals surface area contributed by atoms with Crippen molar-refractivity contribution in [2.75, 3.05) is 13.1 Å². The van der Waals surface area contributed by atoms with Crippen molar-refractivity contribution >= 4 is 5.91 Å². The molecule has 0 bridgehead atoms. The standard InChI is InChI=1S/C19H25N5O/c25-18(19(5-6-19)14-24-10-8-21-15-24)22-17-4-2-9-23(13-17)12-16-3-1-7-20-11-16/h1,3,7-8,10-11,15,17H,2,4-6,9,12-14H2,(H,22,25)/t17-/m1/s1. The average Bonchev–Trinajstić information content (AvgIpc) is 3.22. The first-order valence-corrected chi connectivity index (χ1v) is 9.11. The maximum atomic E-state index is 12.8. The Bertz CT molecular complexity index is 696. The molecule has 1 aliphatic heterocycles. The molecule has 1 saturated carbocycles. The molecule has 2 aromatic heterocycles. The zero-order valence-electron chi connectivity index (χ0n) is 14.5. The number of pyridine rings is 1. The third-order valence-corrected chi connectivity index (χ3v) is 5.35. The summed E-state index contributed by atoms with van der Waals surface area (Å²) in [6.45, 7) is 3.65. The zero-order valence-corrected chi connectivity index (χ0v) is 14.5. The van der Waals surface area contributed by atoms with Gasteiger partial charge in [-0.1, -0.05) is 6.07 Å². The first kappa shape index (κ1) is 16.3. The maximum Gasteiger partial charge on any atom is 0.228 e. The highest BCUT2D eigenvalue weighted by Crippen LogP contribution is 2.47. The molecule has 2 aliphatic rings. The largest absolute Gasteiger partial charge is 0.352 e. The Hall–Kier alpha value is -2.21. The maximum absolute atomic E-state index is 12.8. The van der Waals surface area contributed by atoms with Gasteiger partial charge in [0.25, 0.3) is 0 Å². The van der Waals surface area contributed by atoms with Gasteiger partial charge in [0.1, 0.15) is 0 Å². The topological polar surface area (TPSA) is 63.1 Å². The summed E-state index contributed by atoms with van der Waals surface area (Å²) < 4.78 is 2.02. The van der Waals surface area contributed by atoms with Crippen LogP contribution in [0.15, 0.2) is 43.2 Å². The lowest BCUT2D eigenvalue weighted by molar-refractivity contribution is -0.128. The van der Waals surface area contributed by atoms with Gasteiger partial charge in [-0.15, -0.1) is 0 Å². The van der Waals surface area contributed by atoms with Crippen molar-refractivity contribution in [1.82, 2.24) is 24.8 Å². The van der Waals surface area contributed by atoms with E-state index in [1.54, 1.807) is 18.7 Å². The van der Waals surface area contributed by atoms with Gasteiger partial charge < -0.3 is 9.88 Å². The molecule has 132 valence electrons. The summed E-state index contributed by atoms with van der Waals surface area (Å²) in [4.78, 5) is 23.5. The van der Waals surface area contributed by atoms with Crippen LogP contribution in [-0.4, -0.2) is 44.5 Å². The first-order valence-electron chi connectivity index (χ1n) is 9.11. The summed E-state index contributed by atoms with van der Waals surface area (Å²) in [5.74, 6) is 0.217. The lowest BCUT2D eigenvalue weighted by Gasteiger charge is -2.34. The van der Waals surface area contributed by atoms with Crippen LogP contribution in [0.1, 0.15) is 31.2 Å². The Kier molecular flexibility index (Phi) is 4.53. The quantitative estimate of drug-likeness (QED) is 0.872. The Labute approximate surface area is 148 Å². The molecule has 0 aromatic carbocycles. The van der Waals surface area contributed by atoms with Gasteiger partial charge in [-0.2, -0.15) is 0 Å². The minimum absolute atomic E-state index is 0.216. The number of aromatic nitrogens is 3. The van der Waals surface area contributed by atoms with Crippen LogP contribution < -0.4 is 5.32 Å². The highest BCUT2D eigenvalue weighted by atomic mass is 16.2. The molecule has 1 aliphatic carbocycles. The fourth-order valence-electron chi connectivity index (χ4n) is 3.74. The second-order valence-electron chi connectivity index (χ2n) is 7.42. The Morgan fingerprint density at radius 1 is 1.32 bits per heavy atom. The van der Waals surface area contributed by atoms with E-state index in [-0.39, 0.29) is 17.4 Å². The van der Waals surface area contributed by atoms with Crippen LogP contribution in [0.25, 0.3) is 0 Å². The molecule has 0 spiro atoms. The van der Waals surface area contributed by atoms with Crippen molar-refractivity contribution in [3.05, 3.63) is 48.8 Å². The fraction of sp³-hybridized carbons (Fsp3) is 0.526. The van der Waals surface area contributed by atoms with E-state index in [0.717, 1.165) is 51.9 Å². The highest BCUT2D eigenvalue weighted by Gasteiger charge is 2.50. The summed E-state index contributed by atoms with van der Waals surface area (Å²) in [7, 11) is 0. The van der Waals surface area contributed by atoms with Gasteiger partial charge in [0.05, 0.1) is 11.7 Å². The van der Waals surface area contributed by atoms with Crippen LogP contribution >= 0.6 is 0 Å². The number of nitrogens with one attached hydrogen (secondary N) is 1. The normalized spacial score (nSPS) is 22.5. The van der Waals surface area contributed by atoms with E-state index in [9.17, 15) is 4.79 Å². The van der Waals surface area contributed by atoms with E-state index in [4.69, 9.17) is 0 Å². The number of carbonyl (C=O) groups excluding carboxylic acids is 1. The van der Waals surface area contributed by atoms with E-state index in [2.05, 4.69) is 26.3 Å². The van der Waals surface area contributed by atoms with Crippen LogP contribution in [0.4, 0.5) is 0 Å². The van der Waals surface area contributed by atoms with E-state index < -0.39 is 0 Å². The van der Waals surface area contributed by atoms with Gasteiger partial charge in [-0.05, 0) is 43.9 Å². The molecule has 0 radical (unpaired) electrons. The number of hydrogen-bond acceptors (Lipinski definition) is 4. The van der Waals surface area contributed by atoms with Crippen molar-refractivity contribution in [3.63, 3.8) is 0 Å². The first-order chi connectivity index (χ1) is 12.2. The van der Waals surface area contributed by atoms with Crippen molar-refractivity contribution in [1.29, 1.82) is 0 Å². The highest BCUT2D eigenvalue weighted by molar-refractivity contribution is 5.85. The lowest BCUT2D eigenvalue weighted by atomic mass is 10.0. The van der Waals surface area contributed by atoms with Gasteiger partial charge in [0.2, 0.25) is 5.91 Å². The smallest absolute Gasteiger partial charge is 0.228 e. The molecule has 25 heavy (non-hydrogen) atoms. The van der Waals surface area contributed by atoms with E-state index in [0.29, 0.717) is 0 Å². The average molecular weight is 339 g/mol. The zero-order chi connectivity index (χ0) is 17.1. The van der Waals surface area contributed by atoms with Crippen molar-refractivity contribution in [2.24, 2.45) is 5.41 Å². The SMILES string of the molecule is O=C(N[C@@H]1CCCN(Cc2cccnc2)C1)C1(Cn2ccnc2)CC1. The molecule has 1 amide bonds. The molecule has 1 saturated heterocycles. The molecule has 1 atom stereocenters. The summed E-state index contributed by atoms with van der Waals surface area (Å²) >= 11 is 0. The van der Waals surface area contributed by atoms with Crippen LogP contribution in [0.2, 0.25) is 0 Å². The lowest BCUT2D eigenvalue weighted by Crippen LogP contribution is -2.49. The van der Waals surface area contributed by atoms with Crippen molar-refractivity contribution < 1.29 is 4.79 Å². The third kappa shape index (κ3) is 3.90. The number of piperidine rings is 1. The predicted molar refractivity (Wildman–Crippen MR) is 94.6 cm³/mol. The third-order valence-electron chi connectivity index (χ3n) is 5.35. The van der Waals surface area contributed by atoms with Crippen LogP contribution in [0, 0.1) is 5.41 Å². The summed E-state index contributed by atoms with van der Waals surface area (Å²) in [6, 6.07) is 4.34. The van der Waals surface area contributed by atoms with Crippen LogP contribution in [-0.2, 0) is 17.9 Å². The second-order valence-corrected chi connectivity index (χ2v) is 7.42. The van der Waals surface area contributed by atoms with Gasteiger partial charge in [0, 0.05) is 50.5 Å². The number of likely N-dealkylation sites (tertiary alicyclic amines) is 1. The van der Waals surface area contributed by atoms with E-state index in [1.807, 2.05) is 23.0 Å². The summed E-state index contributed by atoms with van der Waals surface area (Å²) in [5.41, 5.74) is 1.01. The molecule has 6 heteroatoms. The Morgan fingerprint density at radius 3 is 2.96 bits per heavy atom. The number of rotatable bonds is 6. The van der Waals surface area contributed by atoms with E-state index in [1.165, 1.54) is 5.56 Å². The van der Waals surface area contributed by atoms with Crippen molar-refractivity contribution in [2.45, 2.75) is 44.8 Å². The molecule has 3 heterocycles. The number of carbonyl (C=O) groups is 1. The van der Waals surface area contributed by atoms with Crippen molar-refractivity contribution in [3.8, 4) is 0 Å². The minimum atomic E-state index is -0.216. The molecule has 0 unspecified atom stereocenters. The van der Waals surface area contributed by atoms with Crippen LogP contribution in [0.3, 0.4) is 0 Å². The molecular formula is C19H25N5O. The van der Waals surface area contributed by atoms with Gasteiger partial charge in [-0.25, -0.2) is 4.98 Å². The molecule has 2 aromatic rings. The van der Waals surface area contributed by atoms with Gasteiger partial charge in [-0.3, -0.25) is 14.7 Å². The summed E-state index contributed by atoms with van der Waals surface area (Å²) in [6.07, 6.45) is 13.4. The molecule has 1 N–H and O–H groups in total. The number of amides is 1. The Balaban J connectivity index is 1.32. The van der Waals surface area contributed by atoms with Gasteiger partial charge in [0.15, 0.2) is 0 Å². The van der Waals surface area contributed by atoms with E-state index >= 15 is 0 Å². The molecule has 4 rings (SSSR count). The minimum Gasteiger partial charge on any atom is -0.352 e. The second kappa shape index (κ2) is 6.96. The molecule has 6 nitrogen and oxygen atoms in total. The molecular weight excluding hydrogens is 314 g/mol.